The average Bonchev–Trinajstić information content (AvgIpc) is 2.85. The molecule has 0 radical (unpaired) electrons. The van der Waals surface area contributed by atoms with E-state index < -0.39 is 5.41 Å². The van der Waals surface area contributed by atoms with Gasteiger partial charge in [0.25, 0.3) is 5.91 Å². The molecule has 0 aromatic heterocycles. The first kappa shape index (κ1) is 27.9. The zero-order chi connectivity index (χ0) is 28.1. The van der Waals surface area contributed by atoms with Gasteiger partial charge in [-0.2, -0.15) is 0 Å². The molecule has 0 bridgehead atoms. The molecule has 5 aliphatic rings. The topological polar surface area (TPSA) is 66.8 Å². The summed E-state index contributed by atoms with van der Waals surface area (Å²) in [6, 6.07) is 2.38. The Bertz CT molecular complexity index is 1120. The fraction of sp³-hybridized carbons (Fsp3) is 0.818. The Morgan fingerprint density at radius 1 is 1.03 bits per heavy atom. The van der Waals surface area contributed by atoms with Crippen molar-refractivity contribution in [3.8, 4) is 12.5 Å². The molecule has 0 aromatic rings. The Hall–Kier alpha value is -1.64. The fourth-order valence-corrected chi connectivity index (χ4v) is 10.8. The highest BCUT2D eigenvalue weighted by Crippen LogP contribution is 2.75. The van der Waals surface area contributed by atoms with Crippen LogP contribution in [-0.2, 0) is 14.4 Å². The molecule has 0 spiro atoms. The second-order valence-electron chi connectivity index (χ2n) is 15.5. The van der Waals surface area contributed by atoms with E-state index >= 15 is 0 Å². The third-order valence-corrected chi connectivity index (χ3v) is 13.6. The normalized spacial score (nSPS) is 49.4. The zero-order valence-electron chi connectivity index (χ0n) is 24.9. The maximum atomic E-state index is 14.4. The van der Waals surface area contributed by atoms with Gasteiger partial charge in [-0.05, 0) is 103 Å². The van der Waals surface area contributed by atoms with Crippen molar-refractivity contribution in [3.63, 3.8) is 0 Å². The molecule has 1 unspecified atom stereocenters. The first-order valence-electron chi connectivity index (χ1n) is 14.8. The minimum absolute atomic E-state index is 0.0411. The standard InChI is InChI=1S/C33H49NO4/c1-10-34(38-9)27(37)30(5)16-15-29(4)17-18-32(7)21(22(29)20-30)19-23(35)26-31(6)13-12-25(36)28(2,3)24(31)11-14-33(26,32)8/h1,19,22,24-26,36H,11-18,20H2,2-9H3/t22-,24?,25-,26+,29+,30-,31-,32+,33+/m0/s1. The molecule has 5 heteroatoms. The van der Waals surface area contributed by atoms with E-state index in [-0.39, 0.29) is 56.7 Å². The van der Waals surface area contributed by atoms with Gasteiger partial charge in [-0.1, -0.05) is 60.5 Å². The lowest BCUT2D eigenvalue weighted by atomic mass is 9.33. The van der Waals surface area contributed by atoms with Gasteiger partial charge in [-0.15, -0.1) is 5.06 Å². The lowest BCUT2D eigenvalue weighted by molar-refractivity contribution is -0.203. The van der Waals surface area contributed by atoms with Gasteiger partial charge < -0.3 is 5.11 Å². The second kappa shape index (κ2) is 8.43. The van der Waals surface area contributed by atoms with E-state index in [9.17, 15) is 14.7 Å². The van der Waals surface area contributed by atoms with Crippen molar-refractivity contribution < 1.29 is 19.5 Å². The molecule has 5 aliphatic carbocycles. The summed E-state index contributed by atoms with van der Waals surface area (Å²) in [6.07, 6.45) is 15.6. The molecule has 0 aliphatic heterocycles. The molecular weight excluding hydrogens is 474 g/mol. The number of rotatable bonds is 2. The maximum Gasteiger partial charge on any atom is 0.264 e. The van der Waals surface area contributed by atoms with Crippen LogP contribution in [0.25, 0.3) is 0 Å². The number of nitrogens with zero attached hydrogens (tertiary/aromatic N) is 1. The predicted octanol–water partition coefficient (Wildman–Crippen LogP) is 6.31. The highest BCUT2D eigenvalue weighted by Gasteiger charge is 2.70. The molecule has 38 heavy (non-hydrogen) atoms. The molecule has 4 saturated carbocycles. The number of carbonyl (C=O) groups is 2. The molecule has 1 N–H and O–H groups in total. The first-order chi connectivity index (χ1) is 17.5. The SMILES string of the molecule is C#CN(OC)C(=O)[C@@]1(C)CC[C@]2(C)CC[C@]3(C)C(=CC(=O)[C@@H]4[C@@]5(C)CC[C@H](O)C(C)(C)C5CC[C@]43C)[C@@H]2C1. The number of hydrogen-bond donors (Lipinski definition) is 1. The number of terminal acetylenes is 1. The number of amides is 1. The molecule has 5 nitrogen and oxygen atoms in total. The zero-order valence-corrected chi connectivity index (χ0v) is 24.9. The second-order valence-corrected chi connectivity index (χ2v) is 15.5. The summed E-state index contributed by atoms with van der Waals surface area (Å²) in [5, 5.41) is 12.0. The maximum absolute atomic E-state index is 14.4. The minimum atomic E-state index is -0.625. The lowest BCUT2D eigenvalue weighted by Gasteiger charge is -2.70. The van der Waals surface area contributed by atoms with E-state index in [1.165, 1.54) is 12.7 Å². The highest BCUT2D eigenvalue weighted by atomic mass is 16.7. The summed E-state index contributed by atoms with van der Waals surface area (Å²) in [7, 11) is 1.44. The monoisotopic (exact) mass is 523 g/mol. The van der Waals surface area contributed by atoms with E-state index in [1.54, 1.807) is 0 Å². The fourth-order valence-electron chi connectivity index (χ4n) is 10.8. The van der Waals surface area contributed by atoms with Gasteiger partial charge in [-0.3, -0.25) is 14.4 Å². The smallest absolute Gasteiger partial charge is 0.264 e. The highest BCUT2D eigenvalue weighted by molar-refractivity contribution is 5.95. The summed E-state index contributed by atoms with van der Waals surface area (Å²) >= 11 is 0. The number of hydroxylamine groups is 2. The summed E-state index contributed by atoms with van der Waals surface area (Å²) in [5.74, 6) is 0.578. The quantitative estimate of drug-likeness (QED) is 0.262. The van der Waals surface area contributed by atoms with Gasteiger partial charge in [0, 0.05) is 12.0 Å². The van der Waals surface area contributed by atoms with Crippen molar-refractivity contribution in [3.05, 3.63) is 11.6 Å². The van der Waals surface area contributed by atoms with Crippen LogP contribution in [0.5, 0.6) is 0 Å². The Labute approximate surface area is 230 Å². The van der Waals surface area contributed by atoms with Crippen molar-refractivity contribution in [2.24, 2.45) is 50.2 Å². The van der Waals surface area contributed by atoms with Crippen molar-refractivity contribution in [1.29, 1.82) is 0 Å². The number of allylic oxidation sites excluding steroid dienone is 2. The predicted molar refractivity (Wildman–Crippen MR) is 148 cm³/mol. The van der Waals surface area contributed by atoms with Crippen molar-refractivity contribution in [1.82, 2.24) is 5.06 Å². The van der Waals surface area contributed by atoms with Gasteiger partial charge in [0.2, 0.25) is 0 Å². The molecule has 4 fully saturated rings. The van der Waals surface area contributed by atoms with Gasteiger partial charge in [-0.25, -0.2) is 0 Å². The molecule has 9 atom stereocenters. The van der Waals surface area contributed by atoms with E-state index in [1.807, 2.05) is 13.0 Å². The van der Waals surface area contributed by atoms with Crippen molar-refractivity contribution >= 4 is 11.7 Å². The molecule has 0 aromatic carbocycles. The van der Waals surface area contributed by atoms with Crippen LogP contribution < -0.4 is 0 Å². The lowest BCUT2D eigenvalue weighted by Crippen LogP contribution is -2.66. The minimum Gasteiger partial charge on any atom is -0.393 e. The first-order valence-corrected chi connectivity index (χ1v) is 14.8. The van der Waals surface area contributed by atoms with E-state index in [0.717, 1.165) is 56.4 Å². The number of fused-ring (bicyclic) bond motifs is 7. The van der Waals surface area contributed by atoms with Crippen LogP contribution in [0.2, 0.25) is 0 Å². The van der Waals surface area contributed by atoms with Crippen molar-refractivity contribution in [2.75, 3.05) is 7.11 Å². The van der Waals surface area contributed by atoms with Gasteiger partial charge in [0.05, 0.1) is 18.6 Å². The van der Waals surface area contributed by atoms with Gasteiger partial charge in [0.15, 0.2) is 5.78 Å². The third kappa shape index (κ3) is 3.38. The summed E-state index contributed by atoms with van der Waals surface area (Å²) < 4.78 is 0. The summed E-state index contributed by atoms with van der Waals surface area (Å²) in [5.41, 5.74) is 0.171. The third-order valence-electron chi connectivity index (χ3n) is 13.6. The van der Waals surface area contributed by atoms with Crippen LogP contribution in [-0.4, -0.2) is 35.1 Å². The van der Waals surface area contributed by atoms with E-state index in [0.29, 0.717) is 12.3 Å². The van der Waals surface area contributed by atoms with Crippen molar-refractivity contribution in [2.45, 2.75) is 112 Å². The Morgan fingerprint density at radius 2 is 1.68 bits per heavy atom. The summed E-state index contributed by atoms with van der Waals surface area (Å²) in [4.78, 5) is 33.1. The number of carbonyl (C=O) groups excluding carboxylic acids is 2. The van der Waals surface area contributed by atoms with Gasteiger partial charge >= 0.3 is 0 Å². The molecular formula is C33H49NO4. The Kier molecular flexibility index (Phi) is 6.19. The molecule has 5 rings (SSSR count). The molecule has 1 amide bonds. The largest absolute Gasteiger partial charge is 0.393 e. The van der Waals surface area contributed by atoms with E-state index in [2.05, 4.69) is 47.6 Å². The van der Waals surface area contributed by atoms with Crippen LogP contribution in [0, 0.1) is 62.7 Å². The van der Waals surface area contributed by atoms with Crippen LogP contribution in [0.4, 0.5) is 0 Å². The Balaban J connectivity index is 1.58. The van der Waals surface area contributed by atoms with Crippen LogP contribution in [0.3, 0.4) is 0 Å². The molecule has 0 saturated heterocycles. The van der Waals surface area contributed by atoms with Gasteiger partial charge in [0.1, 0.15) is 0 Å². The Morgan fingerprint density at radius 3 is 2.32 bits per heavy atom. The number of aliphatic hydroxyl groups is 1. The number of aliphatic hydroxyl groups excluding tert-OH is 1. The average molecular weight is 524 g/mol. The molecule has 210 valence electrons. The molecule has 0 heterocycles. The van der Waals surface area contributed by atoms with Crippen LogP contribution >= 0.6 is 0 Å². The van der Waals surface area contributed by atoms with Crippen LogP contribution in [0.1, 0.15) is 106 Å². The number of hydrogen-bond acceptors (Lipinski definition) is 4. The van der Waals surface area contributed by atoms with Crippen LogP contribution in [0.15, 0.2) is 11.6 Å². The summed E-state index contributed by atoms with van der Waals surface area (Å²) in [6.45, 7) is 16.0. The van der Waals surface area contributed by atoms with E-state index in [4.69, 9.17) is 11.3 Å². The number of ketones is 1.